The molecule has 0 unspecified atom stereocenters. The summed E-state index contributed by atoms with van der Waals surface area (Å²) in [6.07, 6.45) is 0. The molecule has 1 aromatic rings. The van der Waals surface area contributed by atoms with Crippen molar-refractivity contribution in [2.45, 2.75) is 18.7 Å². The number of carboxylic acids is 2. The fourth-order valence-electron chi connectivity index (χ4n) is 2.03. The van der Waals surface area contributed by atoms with Crippen LogP contribution in [-0.2, 0) is 10.1 Å². The molecule has 0 spiro atoms. The second-order valence-corrected chi connectivity index (χ2v) is 6.40. The van der Waals surface area contributed by atoms with Gasteiger partial charge >= 0.3 is 127 Å². The van der Waals surface area contributed by atoms with Crippen LogP contribution in [0.2, 0.25) is 0 Å². The molecule has 19 heavy (non-hydrogen) atoms. The molecule has 0 aliphatic carbocycles. The van der Waals surface area contributed by atoms with Crippen molar-refractivity contribution in [3.05, 3.63) is 22.3 Å². The molecule has 0 aliphatic heterocycles. The molecule has 7 nitrogen and oxygen atoms in total. The first-order valence-corrected chi connectivity index (χ1v) is 7.52. The van der Waals surface area contributed by atoms with Gasteiger partial charge in [-0.1, -0.05) is 0 Å². The van der Waals surface area contributed by atoms with Crippen LogP contribution >= 0.6 is 0 Å². The Hall–Kier alpha value is -0.930. The van der Waals surface area contributed by atoms with E-state index < -0.39 is 32.5 Å². The van der Waals surface area contributed by atoms with Gasteiger partial charge in [0.25, 0.3) is 0 Å². The number of hydrogen-bond acceptors (Lipinski definition) is 4. The molecule has 0 amide bonds. The van der Waals surface area contributed by atoms with E-state index in [1.807, 2.05) is 0 Å². The minimum atomic E-state index is -4.83. The van der Waals surface area contributed by atoms with Gasteiger partial charge in [0.05, 0.1) is 0 Å². The van der Waals surface area contributed by atoms with Crippen LogP contribution in [0.5, 0.6) is 0 Å². The third kappa shape index (κ3) is 2.82. The molecule has 1 aromatic carbocycles. The van der Waals surface area contributed by atoms with Crippen molar-refractivity contribution in [1.29, 1.82) is 0 Å². The van der Waals surface area contributed by atoms with Gasteiger partial charge in [-0.2, -0.15) is 0 Å². The summed E-state index contributed by atoms with van der Waals surface area (Å²) in [4.78, 5) is 21.5. The van der Waals surface area contributed by atoms with E-state index in [0.717, 1.165) is 0 Å². The Morgan fingerprint density at radius 2 is 1.42 bits per heavy atom. The molecule has 0 atom stereocenters. The van der Waals surface area contributed by atoms with Crippen molar-refractivity contribution in [3.8, 4) is 0 Å². The topological polar surface area (TPSA) is 129 Å². The molecular weight excluding hydrogens is 287 g/mol. The predicted octanol–water partition coefficient (Wildman–Crippen LogP) is -0.260. The summed E-state index contributed by atoms with van der Waals surface area (Å²) in [6, 6.07) is 0. The van der Waals surface area contributed by atoms with Crippen LogP contribution in [-0.4, -0.2) is 63.1 Å². The minimum absolute atomic E-state index is 0.0507. The molecule has 0 saturated heterocycles. The van der Waals surface area contributed by atoms with Crippen molar-refractivity contribution >= 4 is 52.8 Å². The molecule has 98 valence electrons. The monoisotopic (exact) mass is 296 g/mol. The second-order valence-electron chi connectivity index (χ2n) is 4.04. The molecule has 0 saturated carbocycles. The van der Waals surface area contributed by atoms with Gasteiger partial charge in [0, 0.05) is 0 Å². The summed E-state index contributed by atoms with van der Waals surface area (Å²) in [5, 5.41) is 18.2. The van der Waals surface area contributed by atoms with Crippen LogP contribution in [0.4, 0.5) is 0 Å². The van der Waals surface area contributed by atoms with Gasteiger partial charge in [0.15, 0.2) is 0 Å². The third-order valence-corrected chi connectivity index (χ3v) is 5.22. The molecule has 0 fully saturated rings. The number of benzene rings is 1. The quantitative estimate of drug-likeness (QED) is 0.517. The standard InChI is InChI=1S/C10H9O7S.Na/c1-4-3-6(9(11)12)5(2)8(18(15,16)17)7(4)10(13)14;/h1-2H3,(H,11,12)(H,13,14)(H,15,16,17);. The van der Waals surface area contributed by atoms with Crippen LogP contribution in [0, 0.1) is 13.8 Å². The zero-order valence-corrected chi connectivity index (χ0v) is 13.2. The Morgan fingerprint density at radius 3 is 1.74 bits per heavy atom. The molecule has 0 bridgehead atoms. The Balaban J connectivity index is 4.10. The number of hydrogen-bond donors (Lipinski definition) is 3. The maximum absolute atomic E-state index is 11.3. The van der Waals surface area contributed by atoms with Crippen molar-refractivity contribution in [2.75, 3.05) is 0 Å². The van der Waals surface area contributed by atoms with Crippen molar-refractivity contribution < 1.29 is 32.8 Å². The summed E-state index contributed by atoms with van der Waals surface area (Å²) >= 11 is 0.233. The van der Waals surface area contributed by atoms with Gasteiger partial charge in [-0.15, -0.1) is 0 Å². The van der Waals surface area contributed by atoms with Crippen molar-refractivity contribution in [3.63, 3.8) is 0 Å². The molecule has 0 heterocycles. The first-order valence-electron chi connectivity index (χ1n) is 5.08. The summed E-state index contributed by atoms with van der Waals surface area (Å²) in [5.41, 5.74) is -1.05. The van der Waals surface area contributed by atoms with Gasteiger partial charge in [-0.3, -0.25) is 0 Å². The fraction of sp³-hybridized carbons (Fsp3) is 0.200. The molecule has 0 aliphatic rings. The number of aromatic carboxylic acids is 2. The maximum atomic E-state index is 11.3. The van der Waals surface area contributed by atoms with E-state index in [4.69, 9.17) is 14.8 Å². The van der Waals surface area contributed by atoms with E-state index in [9.17, 15) is 18.0 Å². The van der Waals surface area contributed by atoms with E-state index in [1.54, 1.807) is 0 Å². The Bertz CT molecular complexity index is 691. The first-order chi connectivity index (χ1) is 8.50. The average Bonchev–Trinajstić information content (AvgIpc) is 2.20. The van der Waals surface area contributed by atoms with Crippen LogP contribution in [0.25, 0.3) is 0 Å². The van der Waals surface area contributed by atoms with Crippen LogP contribution in [0.15, 0.2) is 4.90 Å². The second kappa shape index (κ2) is 5.22. The predicted molar refractivity (Wildman–Crippen MR) is 65.0 cm³/mol. The van der Waals surface area contributed by atoms with Gasteiger partial charge in [0.1, 0.15) is 0 Å². The Morgan fingerprint density at radius 1 is 1.00 bits per heavy atom. The number of rotatable bonds is 3. The van der Waals surface area contributed by atoms with Crippen LogP contribution in [0.3, 0.4) is 0 Å². The van der Waals surface area contributed by atoms with E-state index in [0.29, 0.717) is 0 Å². The van der Waals surface area contributed by atoms with Gasteiger partial charge < -0.3 is 0 Å². The molecule has 1 rings (SSSR count). The first kappa shape index (κ1) is 16.1. The average molecular weight is 296 g/mol. The molecule has 0 aromatic heterocycles. The third-order valence-electron chi connectivity index (χ3n) is 2.94. The van der Waals surface area contributed by atoms with Gasteiger partial charge in [0.2, 0.25) is 0 Å². The summed E-state index contributed by atoms with van der Waals surface area (Å²) in [6.45, 7) is 2.49. The zero-order chi connectivity index (χ0) is 15.1. The normalized spacial score (nSPS) is 11.4. The van der Waals surface area contributed by atoms with Crippen LogP contribution < -0.4 is 2.81 Å². The molecule has 9 heteroatoms. The van der Waals surface area contributed by atoms with E-state index in [-0.39, 0.29) is 47.4 Å². The molecule has 3 N–H and O–H groups in total. The number of carboxylic acid groups (broad SMARTS) is 2. The van der Waals surface area contributed by atoms with Gasteiger partial charge in [-0.05, 0) is 0 Å². The molecular formula is C10H9NaO7S. The molecule has 0 radical (unpaired) electrons. The van der Waals surface area contributed by atoms with Crippen molar-refractivity contribution in [2.24, 2.45) is 0 Å². The Kier molecular flexibility index (Phi) is 4.43. The van der Waals surface area contributed by atoms with E-state index in [2.05, 4.69) is 0 Å². The zero-order valence-electron chi connectivity index (χ0n) is 10.4. The summed E-state index contributed by atoms with van der Waals surface area (Å²) in [7, 11) is -4.83. The Labute approximate surface area is 126 Å². The summed E-state index contributed by atoms with van der Waals surface area (Å²) in [5.74, 6) is -2.88. The summed E-state index contributed by atoms with van der Waals surface area (Å²) < 4.78 is 32.1. The SMILES string of the molecule is Cc1[c]([Na])c(C(=O)O)c(C)c(S(=O)(=O)O)c1C(=O)O. The fourth-order valence-corrected chi connectivity index (χ4v) is 3.85. The number of carbonyl (C=O) groups is 2. The van der Waals surface area contributed by atoms with E-state index >= 15 is 0 Å². The van der Waals surface area contributed by atoms with Crippen LogP contribution in [0.1, 0.15) is 31.8 Å². The van der Waals surface area contributed by atoms with E-state index in [1.165, 1.54) is 13.8 Å². The van der Waals surface area contributed by atoms with Gasteiger partial charge in [-0.25, -0.2) is 0 Å². The van der Waals surface area contributed by atoms with Crippen molar-refractivity contribution in [1.82, 2.24) is 0 Å².